The van der Waals surface area contributed by atoms with E-state index in [1.807, 2.05) is 66.0 Å². The molecule has 3 N–H and O–H groups in total. The quantitative estimate of drug-likeness (QED) is 0.188. The van der Waals surface area contributed by atoms with Crippen LogP contribution in [-0.2, 0) is 17.9 Å². The summed E-state index contributed by atoms with van der Waals surface area (Å²) in [7, 11) is 3.41. The van der Waals surface area contributed by atoms with Gasteiger partial charge >= 0.3 is 0 Å². The molecule has 4 rings (SSSR count). The van der Waals surface area contributed by atoms with Gasteiger partial charge in [-0.1, -0.05) is 52.8 Å². The fourth-order valence-electron chi connectivity index (χ4n) is 5.02. The van der Waals surface area contributed by atoms with Gasteiger partial charge in [-0.2, -0.15) is 0 Å². The Hall–Kier alpha value is -4.92. The molecule has 8 nitrogen and oxygen atoms in total. The summed E-state index contributed by atoms with van der Waals surface area (Å²) in [6.07, 6.45) is 6.35. The lowest BCUT2D eigenvalue weighted by atomic mass is 9.85. The zero-order chi connectivity index (χ0) is 32.4. The van der Waals surface area contributed by atoms with Gasteiger partial charge < -0.3 is 20.6 Å². The Labute approximate surface area is 257 Å². The van der Waals surface area contributed by atoms with Crippen molar-refractivity contribution in [1.82, 2.24) is 9.55 Å². The summed E-state index contributed by atoms with van der Waals surface area (Å²) >= 11 is 0. The Morgan fingerprint density at radius 3 is 2.39 bits per heavy atom. The summed E-state index contributed by atoms with van der Waals surface area (Å²) in [5.41, 5.74) is 3.93. The number of aliphatic imine (C=N–C) groups is 1. The van der Waals surface area contributed by atoms with Gasteiger partial charge in [0, 0.05) is 61.1 Å². The van der Waals surface area contributed by atoms with E-state index in [-0.39, 0.29) is 27.5 Å². The zero-order valence-electron chi connectivity index (χ0n) is 26.5. The molecule has 2 aromatic carbocycles. The van der Waals surface area contributed by atoms with Gasteiger partial charge in [-0.25, -0.2) is 9.37 Å². The molecule has 0 saturated carbocycles. The van der Waals surface area contributed by atoms with Crippen LogP contribution in [0.4, 0.5) is 21.6 Å². The first-order chi connectivity index (χ1) is 20.7. The van der Waals surface area contributed by atoms with Gasteiger partial charge in [-0.05, 0) is 64.9 Å². The summed E-state index contributed by atoms with van der Waals surface area (Å²) < 4.78 is 16.7. The molecule has 44 heavy (non-hydrogen) atoms. The number of nitrogens with zero attached hydrogens (tertiary/aromatic N) is 3. The first-order valence-corrected chi connectivity index (χ1v) is 14.3. The molecule has 0 atom stereocenters. The first-order valence-electron chi connectivity index (χ1n) is 14.3. The largest absolute Gasteiger partial charge is 0.336 e. The van der Waals surface area contributed by atoms with Gasteiger partial charge in [-0.3, -0.25) is 14.6 Å². The lowest BCUT2D eigenvalue weighted by Gasteiger charge is -2.21. The fourth-order valence-corrected chi connectivity index (χ4v) is 5.02. The van der Waals surface area contributed by atoms with Gasteiger partial charge in [0.05, 0.1) is 5.56 Å². The van der Waals surface area contributed by atoms with Gasteiger partial charge in [0.1, 0.15) is 17.3 Å². The Morgan fingerprint density at radius 2 is 1.77 bits per heavy atom. The Kier molecular flexibility index (Phi) is 8.99. The van der Waals surface area contributed by atoms with E-state index in [2.05, 4.69) is 20.6 Å². The molecular weight excluding hydrogens is 555 g/mol. The third kappa shape index (κ3) is 6.67. The minimum Gasteiger partial charge on any atom is -0.336 e. The summed E-state index contributed by atoms with van der Waals surface area (Å²) in [5, 5.41) is 13.8. The predicted octanol–water partition coefficient (Wildman–Crippen LogP) is 7.16. The second-order valence-corrected chi connectivity index (χ2v) is 12.5. The number of nitrogens with one attached hydrogen (secondary N) is 3. The molecule has 4 aromatic rings. The second-order valence-electron chi connectivity index (χ2n) is 12.5. The molecule has 1 amide bonds. The molecule has 0 unspecified atom stereocenters. The lowest BCUT2D eigenvalue weighted by Crippen LogP contribution is -2.21. The van der Waals surface area contributed by atoms with E-state index in [1.54, 1.807) is 50.8 Å². The number of carbonyl (C=O) groups excluding carboxylic acids is 1. The molecule has 2 heterocycles. The van der Waals surface area contributed by atoms with E-state index in [0.717, 1.165) is 28.5 Å². The number of benzene rings is 2. The third-order valence-corrected chi connectivity index (χ3v) is 7.67. The lowest BCUT2D eigenvalue weighted by molar-refractivity contribution is 0.102. The molecule has 0 aliphatic carbocycles. The number of hydrogen-bond donors (Lipinski definition) is 3. The standard InChI is InChI=1S/C35H39FN6O2/c1-21-26(10-9-11-28(21)41-32(43)31-22(17-37)14-25(16-27(31)36)34(2,3)4)23-15-29(33(44)42(8)19-23)40-30-13-12-24(18-39-30)35(5,6)20-38-7/h9-20,37H,1-8H3,(H,39,40)(H,41,43). The van der Waals surface area contributed by atoms with Crippen LogP contribution in [0.15, 0.2) is 70.7 Å². The maximum absolute atomic E-state index is 15.2. The van der Waals surface area contributed by atoms with E-state index in [4.69, 9.17) is 5.41 Å². The molecule has 0 saturated heterocycles. The number of carbonyl (C=O) groups is 1. The zero-order valence-corrected chi connectivity index (χ0v) is 26.5. The number of halogens is 1. The molecule has 9 heteroatoms. The normalized spacial score (nSPS) is 11.9. The summed E-state index contributed by atoms with van der Waals surface area (Å²) in [6, 6.07) is 14.0. The van der Waals surface area contributed by atoms with Gasteiger partial charge in [0.15, 0.2) is 0 Å². The molecule has 0 bridgehead atoms. The number of rotatable bonds is 8. The minimum atomic E-state index is -0.681. The predicted molar refractivity (Wildman–Crippen MR) is 178 cm³/mol. The van der Waals surface area contributed by atoms with Crippen LogP contribution in [0.25, 0.3) is 11.1 Å². The molecule has 0 fully saturated rings. The van der Waals surface area contributed by atoms with Gasteiger partial charge in [-0.15, -0.1) is 0 Å². The topological polar surface area (TPSA) is 112 Å². The summed E-state index contributed by atoms with van der Waals surface area (Å²) in [5.74, 6) is -0.807. The number of aromatic nitrogens is 2. The molecule has 228 valence electrons. The van der Waals surface area contributed by atoms with E-state index < -0.39 is 11.7 Å². The maximum atomic E-state index is 15.2. The van der Waals surface area contributed by atoms with Crippen LogP contribution in [0.2, 0.25) is 0 Å². The van der Waals surface area contributed by atoms with Crippen LogP contribution in [0.1, 0.15) is 67.2 Å². The fraction of sp³-hybridized carbons (Fsp3) is 0.286. The highest BCUT2D eigenvalue weighted by Crippen LogP contribution is 2.31. The van der Waals surface area contributed by atoms with Crippen molar-refractivity contribution < 1.29 is 9.18 Å². The van der Waals surface area contributed by atoms with Crippen molar-refractivity contribution in [3.8, 4) is 11.1 Å². The van der Waals surface area contributed by atoms with Crippen molar-refractivity contribution >= 4 is 35.5 Å². The SMILES string of the molecule is CN=CC(C)(C)c1ccc(Nc2cc(-c3cccc(NC(=O)c4c(F)cc(C(C)(C)C)cc4C=N)c3C)cn(C)c2=O)nc1. The van der Waals surface area contributed by atoms with Crippen LogP contribution in [0.5, 0.6) is 0 Å². The van der Waals surface area contributed by atoms with E-state index in [9.17, 15) is 9.59 Å². The molecule has 0 aliphatic rings. The first kappa shape index (κ1) is 32.0. The maximum Gasteiger partial charge on any atom is 0.274 e. The highest BCUT2D eigenvalue weighted by molar-refractivity contribution is 6.10. The smallest absolute Gasteiger partial charge is 0.274 e. The van der Waals surface area contributed by atoms with E-state index >= 15 is 4.39 Å². The molecule has 2 aromatic heterocycles. The van der Waals surface area contributed by atoms with Crippen molar-refractivity contribution in [3.63, 3.8) is 0 Å². The number of anilines is 3. The van der Waals surface area contributed by atoms with Crippen LogP contribution in [-0.4, -0.2) is 34.9 Å². The van der Waals surface area contributed by atoms with Crippen LogP contribution in [0.3, 0.4) is 0 Å². The molecule has 0 aliphatic heterocycles. The van der Waals surface area contributed by atoms with Crippen LogP contribution in [0, 0.1) is 18.2 Å². The minimum absolute atomic E-state index is 0.185. The third-order valence-electron chi connectivity index (χ3n) is 7.67. The highest BCUT2D eigenvalue weighted by atomic mass is 19.1. The Bertz CT molecular complexity index is 1820. The van der Waals surface area contributed by atoms with Gasteiger partial charge in [0.25, 0.3) is 11.5 Å². The molecule has 0 radical (unpaired) electrons. The summed E-state index contributed by atoms with van der Waals surface area (Å²) in [4.78, 5) is 35.0. The Balaban J connectivity index is 1.66. The van der Waals surface area contributed by atoms with E-state index in [0.29, 0.717) is 22.8 Å². The monoisotopic (exact) mass is 594 g/mol. The molecule has 0 spiro atoms. The Morgan fingerprint density at radius 1 is 1.05 bits per heavy atom. The van der Waals surface area contributed by atoms with Crippen molar-refractivity contribution in [1.29, 1.82) is 5.41 Å². The van der Waals surface area contributed by atoms with Crippen molar-refractivity contribution in [3.05, 3.63) is 105 Å². The number of pyridine rings is 2. The highest BCUT2D eigenvalue weighted by Gasteiger charge is 2.23. The van der Waals surface area contributed by atoms with Crippen molar-refractivity contribution in [2.75, 3.05) is 17.7 Å². The number of aryl methyl sites for hydroxylation is 1. The molecular formula is C35H39FN6O2. The van der Waals surface area contributed by atoms with Crippen molar-refractivity contribution in [2.24, 2.45) is 12.0 Å². The number of hydrogen-bond acceptors (Lipinski definition) is 6. The van der Waals surface area contributed by atoms with Crippen molar-refractivity contribution in [2.45, 2.75) is 52.4 Å². The number of amides is 1. The van der Waals surface area contributed by atoms with Crippen LogP contribution >= 0.6 is 0 Å². The second kappa shape index (κ2) is 12.4. The van der Waals surface area contributed by atoms with E-state index in [1.165, 1.54) is 10.6 Å². The van der Waals surface area contributed by atoms with Gasteiger partial charge in [0.2, 0.25) is 0 Å². The summed E-state index contributed by atoms with van der Waals surface area (Å²) in [6.45, 7) is 11.8. The van der Waals surface area contributed by atoms with Crippen LogP contribution < -0.4 is 16.2 Å². The average Bonchev–Trinajstić information content (AvgIpc) is 2.95. The average molecular weight is 595 g/mol.